The van der Waals surface area contributed by atoms with Crippen LogP contribution < -0.4 is 9.64 Å². The van der Waals surface area contributed by atoms with Crippen LogP contribution >= 0.6 is 0 Å². The normalized spacial score (nSPS) is 17.3. The molecule has 2 aromatic rings. The van der Waals surface area contributed by atoms with Crippen molar-refractivity contribution in [1.29, 1.82) is 0 Å². The highest BCUT2D eigenvalue weighted by Crippen LogP contribution is 2.40. The van der Waals surface area contributed by atoms with Crippen LogP contribution in [0.25, 0.3) is 5.76 Å². The van der Waals surface area contributed by atoms with Gasteiger partial charge in [0.15, 0.2) is 0 Å². The minimum absolute atomic E-state index is 0.124. The Morgan fingerprint density at radius 2 is 1.74 bits per heavy atom. The molecular formula is C28H37N3O4. The predicted octanol–water partition coefficient (Wildman–Crippen LogP) is 4.22. The second kappa shape index (κ2) is 11.4. The molecule has 0 bridgehead atoms. The monoisotopic (exact) mass is 479 g/mol. The third-order valence-electron chi connectivity index (χ3n) is 6.18. The van der Waals surface area contributed by atoms with Crippen LogP contribution in [0, 0.1) is 6.92 Å². The molecule has 0 aliphatic carbocycles. The fourth-order valence-electron chi connectivity index (χ4n) is 4.30. The molecule has 7 heteroatoms. The first-order valence-electron chi connectivity index (χ1n) is 12.1. The molecule has 7 nitrogen and oxygen atoms in total. The van der Waals surface area contributed by atoms with Crippen molar-refractivity contribution in [1.82, 2.24) is 9.80 Å². The van der Waals surface area contributed by atoms with E-state index in [9.17, 15) is 14.7 Å². The minimum atomic E-state index is -0.655. The highest BCUT2D eigenvalue weighted by atomic mass is 16.5. The molecule has 1 aliphatic rings. The van der Waals surface area contributed by atoms with E-state index in [1.807, 2.05) is 76.1 Å². The number of aliphatic hydroxyl groups is 1. The molecule has 1 N–H and O–H groups in total. The predicted molar refractivity (Wildman–Crippen MR) is 140 cm³/mol. The third kappa shape index (κ3) is 5.85. The molecule has 0 spiro atoms. The van der Waals surface area contributed by atoms with Crippen LogP contribution in [0.3, 0.4) is 0 Å². The molecular weight excluding hydrogens is 442 g/mol. The van der Waals surface area contributed by atoms with E-state index < -0.39 is 17.7 Å². The average molecular weight is 480 g/mol. The van der Waals surface area contributed by atoms with Crippen molar-refractivity contribution in [2.45, 2.75) is 32.7 Å². The van der Waals surface area contributed by atoms with Gasteiger partial charge in [0.05, 0.1) is 18.2 Å². The van der Waals surface area contributed by atoms with Crippen LogP contribution in [0.1, 0.15) is 42.5 Å². The van der Waals surface area contributed by atoms with Gasteiger partial charge in [-0.05, 0) is 81.9 Å². The number of hydrogen-bond donors (Lipinski definition) is 1. The summed E-state index contributed by atoms with van der Waals surface area (Å²) in [5.41, 5.74) is 3.28. The molecule has 3 rings (SSSR count). The second-order valence-electron chi connectivity index (χ2n) is 9.46. The van der Waals surface area contributed by atoms with Crippen LogP contribution in [0.4, 0.5) is 5.69 Å². The first kappa shape index (κ1) is 26.3. The second-order valence-corrected chi connectivity index (χ2v) is 9.46. The van der Waals surface area contributed by atoms with E-state index in [-0.39, 0.29) is 11.3 Å². The van der Waals surface area contributed by atoms with Gasteiger partial charge >= 0.3 is 0 Å². The van der Waals surface area contributed by atoms with Crippen molar-refractivity contribution < 1.29 is 19.4 Å². The van der Waals surface area contributed by atoms with Crippen molar-refractivity contribution in [3.8, 4) is 5.75 Å². The number of amides is 1. The van der Waals surface area contributed by atoms with E-state index in [2.05, 4.69) is 0 Å². The molecule has 0 unspecified atom stereocenters. The number of anilines is 1. The Kier molecular flexibility index (Phi) is 8.57. The minimum Gasteiger partial charge on any atom is -0.507 e. The maximum absolute atomic E-state index is 13.2. The van der Waals surface area contributed by atoms with Gasteiger partial charge in [-0.3, -0.25) is 9.59 Å². The molecule has 1 amide bonds. The van der Waals surface area contributed by atoms with Gasteiger partial charge in [-0.2, -0.15) is 0 Å². The molecule has 1 aliphatic heterocycles. The number of hydrogen-bond acceptors (Lipinski definition) is 6. The molecule has 0 aromatic heterocycles. The number of carbonyl (C=O) groups excluding carboxylic acids is 2. The number of Topliss-reactive ketones (excluding diaryl/α,β-unsaturated/α-hetero) is 1. The Bertz CT molecular complexity index is 1090. The first-order chi connectivity index (χ1) is 16.6. The van der Waals surface area contributed by atoms with Gasteiger partial charge in [0.2, 0.25) is 0 Å². The molecule has 1 fully saturated rings. The topological polar surface area (TPSA) is 73.3 Å². The molecule has 2 aromatic carbocycles. The average Bonchev–Trinajstić information content (AvgIpc) is 3.07. The lowest BCUT2D eigenvalue weighted by molar-refractivity contribution is -0.139. The summed E-state index contributed by atoms with van der Waals surface area (Å²) in [6.07, 6.45) is 1.61. The third-order valence-corrected chi connectivity index (χ3v) is 6.18. The Labute approximate surface area is 208 Å². The lowest BCUT2D eigenvalue weighted by atomic mass is 9.94. The molecule has 0 radical (unpaired) electrons. The Morgan fingerprint density at radius 1 is 1.06 bits per heavy atom. The number of nitrogens with zero attached hydrogens (tertiary/aromatic N) is 3. The zero-order chi connectivity index (χ0) is 25.7. The van der Waals surface area contributed by atoms with E-state index in [1.165, 1.54) is 0 Å². The number of rotatable bonds is 10. The van der Waals surface area contributed by atoms with E-state index in [1.54, 1.807) is 23.1 Å². The summed E-state index contributed by atoms with van der Waals surface area (Å²) >= 11 is 0. The van der Waals surface area contributed by atoms with Crippen molar-refractivity contribution >= 4 is 23.1 Å². The summed E-state index contributed by atoms with van der Waals surface area (Å²) in [6.45, 7) is 5.75. The standard InChI is InChI=1S/C28H37N3O4/c1-7-17-35-23-14-11-21(18-19(23)2)26(32)24-25(20-9-12-22(13-10-20)30(5)6)31(28(34)27(24)33)16-8-15-29(3)4/h9-14,18,25,32H,7-8,15-17H2,1-6H3/t25-/m1/s1. The zero-order valence-electron chi connectivity index (χ0n) is 21.7. The highest BCUT2D eigenvalue weighted by Gasteiger charge is 2.45. The number of ketones is 1. The fraction of sp³-hybridized carbons (Fsp3) is 0.429. The van der Waals surface area contributed by atoms with Crippen LogP contribution in [0.5, 0.6) is 5.75 Å². The molecule has 0 saturated carbocycles. The Balaban J connectivity index is 2.06. The van der Waals surface area contributed by atoms with Crippen molar-refractivity contribution in [2.24, 2.45) is 0 Å². The number of likely N-dealkylation sites (tertiary alicyclic amines) is 1. The van der Waals surface area contributed by atoms with Gasteiger partial charge in [-0.25, -0.2) is 0 Å². The van der Waals surface area contributed by atoms with E-state index in [0.29, 0.717) is 18.7 Å². The zero-order valence-corrected chi connectivity index (χ0v) is 21.7. The fourth-order valence-corrected chi connectivity index (χ4v) is 4.30. The molecule has 188 valence electrons. The van der Waals surface area contributed by atoms with Crippen molar-refractivity contribution in [2.75, 3.05) is 52.8 Å². The van der Waals surface area contributed by atoms with Crippen molar-refractivity contribution in [3.05, 3.63) is 64.7 Å². The van der Waals surface area contributed by atoms with Crippen molar-refractivity contribution in [3.63, 3.8) is 0 Å². The summed E-state index contributed by atoms with van der Waals surface area (Å²) in [5, 5.41) is 11.3. The van der Waals surface area contributed by atoms with Gasteiger partial charge in [-0.1, -0.05) is 19.1 Å². The van der Waals surface area contributed by atoms with E-state index in [0.717, 1.165) is 42.0 Å². The Hall–Kier alpha value is -3.32. The summed E-state index contributed by atoms with van der Waals surface area (Å²) in [6, 6.07) is 12.4. The molecule has 35 heavy (non-hydrogen) atoms. The quantitative estimate of drug-likeness (QED) is 0.312. The lowest BCUT2D eigenvalue weighted by Gasteiger charge is -2.26. The largest absolute Gasteiger partial charge is 0.507 e. The number of benzene rings is 2. The van der Waals surface area contributed by atoms with Crippen LogP contribution in [0.15, 0.2) is 48.0 Å². The molecule has 1 atom stereocenters. The van der Waals surface area contributed by atoms with Crippen LogP contribution in [0.2, 0.25) is 0 Å². The smallest absolute Gasteiger partial charge is 0.295 e. The number of carbonyl (C=O) groups is 2. The SMILES string of the molecule is CCCOc1ccc(C(O)=C2C(=O)C(=O)N(CCCN(C)C)[C@@H]2c2ccc(N(C)C)cc2)cc1C. The summed E-state index contributed by atoms with van der Waals surface area (Å²) in [4.78, 5) is 32.0. The molecule has 1 saturated heterocycles. The molecule has 1 heterocycles. The van der Waals surface area contributed by atoms with Gasteiger partial charge in [0.1, 0.15) is 11.5 Å². The lowest BCUT2D eigenvalue weighted by Crippen LogP contribution is -2.32. The number of aliphatic hydroxyl groups excluding tert-OH is 1. The highest BCUT2D eigenvalue weighted by molar-refractivity contribution is 6.46. The van der Waals surface area contributed by atoms with Gasteiger partial charge in [0, 0.05) is 31.9 Å². The van der Waals surface area contributed by atoms with Crippen LogP contribution in [-0.2, 0) is 9.59 Å². The number of aryl methyl sites for hydroxylation is 1. The Morgan fingerprint density at radius 3 is 2.31 bits per heavy atom. The summed E-state index contributed by atoms with van der Waals surface area (Å²) in [5.74, 6) is -0.654. The summed E-state index contributed by atoms with van der Waals surface area (Å²) in [7, 11) is 7.86. The van der Waals surface area contributed by atoms with Gasteiger partial charge in [0.25, 0.3) is 11.7 Å². The van der Waals surface area contributed by atoms with E-state index in [4.69, 9.17) is 4.74 Å². The van der Waals surface area contributed by atoms with Gasteiger partial charge < -0.3 is 24.5 Å². The van der Waals surface area contributed by atoms with Gasteiger partial charge in [-0.15, -0.1) is 0 Å². The maximum Gasteiger partial charge on any atom is 0.295 e. The first-order valence-corrected chi connectivity index (χ1v) is 12.1. The maximum atomic E-state index is 13.2. The van der Waals surface area contributed by atoms with E-state index >= 15 is 0 Å². The van der Waals surface area contributed by atoms with Crippen LogP contribution in [-0.4, -0.2) is 74.5 Å². The summed E-state index contributed by atoms with van der Waals surface area (Å²) < 4.78 is 5.75. The number of ether oxygens (including phenoxy) is 1.